The van der Waals surface area contributed by atoms with Gasteiger partial charge in [-0.25, -0.2) is 0 Å². The molecule has 1 aromatic carbocycles. The van der Waals surface area contributed by atoms with Gasteiger partial charge in [0.15, 0.2) is 0 Å². The fraction of sp³-hybridized carbons (Fsp3) is 0.429. The Hall–Kier alpha value is -0.830. The van der Waals surface area contributed by atoms with Crippen LogP contribution in [0.25, 0.3) is 0 Å². The van der Waals surface area contributed by atoms with Crippen LogP contribution in [0.15, 0.2) is 43.0 Å². The minimum atomic E-state index is 0. The Morgan fingerprint density at radius 2 is 1.82 bits per heavy atom. The standard InChI is InChI=1S/C14H22N.ClH.H2O/c1-4-11-15(3,12-5-2)13-14-9-7-6-8-10-14;;/h4,6-10H,1,5,11-13H2,2-3H3;1H;1H2/q+1;;/p-1. The number of hydrogen-bond acceptors (Lipinski definition) is 0. The number of benzene rings is 1. The molecule has 3 heteroatoms. The van der Waals surface area contributed by atoms with Gasteiger partial charge in [-0.15, -0.1) is 0 Å². The van der Waals surface area contributed by atoms with E-state index in [2.05, 4.69) is 50.9 Å². The highest BCUT2D eigenvalue weighted by atomic mass is 35.5. The van der Waals surface area contributed by atoms with Crippen LogP contribution in [0, 0.1) is 0 Å². The van der Waals surface area contributed by atoms with Gasteiger partial charge in [0.1, 0.15) is 6.54 Å². The molecule has 0 saturated heterocycles. The summed E-state index contributed by atoms with van der Waals surface area (Å²) in [6.45, 7) is 9.45. The Morgan fingerprint density at radius 1 is 1.24 bits per heavy atom. The van der Waals surface area contributed by atoms with Crippen LogP contribution in [-0.2, 0) is 6.54 Å². The molecule has 2 N–H and O–H groups in total. The molecule has 1 rings (SSSR count). The Kier molecular flexibility index (Phi) is 10.1. The summed E-state index contributed by atoms with van der Waals surface area (Å²) in [7, 11) is 2.30. The first-order valence-electron chi connectivity index (χ1n) is 5.68. The van der Waals surface area contributed by atoms with Gasteiger partial charge in [0.05, 0.1) is 20.1 Å². The van der Waals surface area contributed by atoms with E-state index in [9.17, 15) is 0 Å². The maximum absolute atomic E-state index is 3.85. The Balaban J connectivity index is 0. The molecule has 0 spiro atoms. The van der Waals surface area contributed by atoms with E-state index in [-0.39, 0.29) is 17.9 Å². The van der Waals surface area contributed by atoms with Gasteiger partial charge in [-0.05, 0) is 12.5 Å². The Bertz CT molecular complexity index is 302. The summed E-state index contributed by atoms with van der Waals surface area (Å²) in [4.78, 5) is 0. The zero-order valence-electron chi connectivity index (χ0n) is 10.8. The lowest BCUT2D eigenvalue weighted by atomic mass is 10.2. The third kappa shape index (κ3) is 6.47. The van der Waals surface area contributed by atoms with Gasteiger partial charge >= 0.3 is 0 Å². The molecule has 0 amide bonds. The summed E-state index contributed by atoms with van der Waals surface area (Å²) >= 11 is 0. The van der Waals surface area contributed by atoms with Crippen LogP contribution < -0.4 is 12.4 Å². The molecule has 0 saturated carbocycles. The van der Waals surface area contributed by atoms with E-state index >= 15 is 0 Å². The van der Waals surface area contributed by atoms with Crippen LogP contribution in [0.5, 0.6) is 0 Å². The molecule has 0 fully saturated rings. The van der Waals surface area contributed by atoms with E-state index in [1.807, 2.05) is 6.08 Å². The van der Waals surface area contributed by atoms with Crippen molar-refractivity contribution in [3.8, 4) is 0 Å². The summed E-state index contributed by atoms with van der Waals surface area (Å²) in [5, 5.41) is 0. The van der Waals surface area contributed by atoms with Gasteiger partial charge < -0.3 is 22.4 Å². The van der Waals surface area contributed by atoms with Crippen LogP contribution in [0.2, 0.25) is 0 Å². The lowest BCUT2D eigenvalue weighted by molar-refractivity contribution is -0.917. The van der Waals surface area contributed by atoms with Crippen molar-refractivity contribution in [2.24, 2.45) is 0 Å². The monoisotopic (exact) mass is 257 g/mol. The zero-order chi connectivity index (χ0) is 11.1. The van der Waals surface area contributed by atoms with Crippen molar-refractivity contribution in [1.82, 2.24) is 0 Å². The lowest BCUT2D eigenvalue weighted by Crippen LogP contribution is -3.00. The van der Waals surface area contributed by atoms with E-state index in [4.69, 9.17) is 0 Å². The number of rotatable bonds is 6. The largest absolute Gasteiger partial charge is 1.00 e. The highest BCUT2D eigenvalue weighted by molar-refractivity contribution is 5.13. The van der Waals surface area contributed by atoms with Crippen LogP contribution in [0.3, 0.4) is 0 Å². The smallest absolute Gasteiger partial charge is 0.104 e. The van der Waals surface area contributed by atoms with Crippen LogP contribution >= 0.6 is 0 Å². The van der Waals surface area contributed by atoms with E-state index in [0.29, 0.717) is 0 Å². The molecule has 1 aromatic rings. The Labute approximate surface area is 111 Å². The minimum absolute atomic E-state index is 0. The second kappa shape index (κ2) is 9.23. The summed E-state index contributed by atoms with van der Waals surface area (Å²) < 4.78 is 1.06. The van der Waals surface area contributed by atoms with Crippen molar-refractivity contribution in [2.45, 2.75) is 19.9 Å². The van der Waals surface area contributed by atoms with Gasteiger partial charge in [-0.2, -0.15) is 0 Å². The molecule has 0 aliphatic carbocycles. The first kappa shape index (κ1) is 18.5. The van der Waals surface area contributed by atoms with Gasteiger partial charge in [-0.3, -0.25) is 0 Å². The third-order valence-electron chi connectivity index (χ3n) is 2.74. The van der Waals surface area contributed by atoms with Gasteiger partial charge in [-0.1, -0.05) is 43.8 Å². The summed E-state index contributed by atoms with van der Waals surface area (Å²) in [6.07, 6.45) is 3.25. The summed E-state index contributed by atoms with van der Waals surface area (Å²) in [5.41, 5.74) is 1.41. The fourth-order valence-electron chi connectivity index (χ4n) is 2.11. The topological polar surface area (TPSA) is 31.5 Å². The molecule has 1 unspecified atom stereocenters. The molecule has 0 bridgehead atoms. The molecule has 0 aliphatic rings. The molecular formula is C14H24ClNO. The maximum atomic E-state index is 3.85. The van der Waals surface area contributed by atoms with E-state index in [1.165, 1.54) is 18.5 Å². The highest BCUT2D eigenvalue weighted by Crippen LogP contribution is 2.12. The normalized spacial score (nSPS) is 12.8. The van der Waals surface area contributed by atoms with Crippen LogP contribution in [0.4, 0.5) is 0 Å². The van der Waals surface area contributed by atoms with Crippen molar-refractivity contribution in [2.75, 3.05) is 20.1 Å². The van der Waals surface area contributed by atoms with Crippen molar-refractivity contribution in [3.05, 3.63) is 48.6 Å². The van der Waals surface area contributed by atoms with Gasteiger partial charge in [0, 0.05) is 5.56 Å². The number of hydrogen-bond donors (Lipinski definition) is 0. The second-order valence-corrected chi connectivity index (χ2v) is 4.46. The maximum Gasteiger partial charge on any atom is 0.104 e. The number of likely N-dealkylation sites (N-methyl/N-ethyl adjacent to an activating group) is 1. The average molecular weight is 258 g/mol. The summed E-state index contributed by atoms with van der Waals surface area (Å²) in [6, 6.07) is 10.7. The molecular weight excluding hydrogens is 234 g/mol. The number of halogens is 1. The number of nitrogens with zero attached hydrogens (tertiary/aromatic N) is 1. The predicted octanol–water partition coefficient (Wildman–Crippen LogP) is -0.591. The molecule has 2 nitrogen and oxygen atoms in total. The van der Waals surface area contributed by atoms with Crippen molar-refractivity contribution >= 4 is 0 Å². The van der Waals surface area contributed by atoms with Crippen molar-refractivity contribution in [3.63, 3.8) is 0 Å². The minimum Gasteiger partial charge on any atom is -1.00 e. The highest BCUT2D eigenvalue weighted by Gasteiger charge is 2.18. The number of quaternary nitrogens is 1. The molecule has 17 heavy (non-hydrogen) atoms. The zero-order valence-corrected chi connectivity index (χ0v) is 11.6. The van der Waals surface area contributed by atoms with Crippen LogP contribution in [-0.4, -0.2) is 30.1 Å². The van der Waals surface area contributed by atoms with Crippen molar-refractivity contribution in [1.29, 1.82) is 0 Å². The second-order valence-electron chi connectivity index (χ2n) is 4.46. The summed E-state index contributed by atoms with van der Waals surface area (Å²) in [5.74, 6) is 0. The quantitative estimate of drug-likeness (QED) is 0.482. The third-order valence-corrected chi connectivity index (χ3v) is 2.74. The predicted molar refractivity (Wildman–Crippen MR) is 70.2 cm³/mol. The molecule has 0 heterocycles. The SMILES string of the molecule is C=CC[N+](C)(CCC)Cc1ccccc1.O.[Cl-]. The molecule has 0 aliphatic heterocycles. The van der Waals surface area contributed by atoms with Gasteiger partial charge in [0.25, 0.3) is 0 Å². The first-order valence-corrected chi connectivity index (χ1v) is 5.68. The van der Waals surface area contributed by atoms with E-state index in [1.54, 1.807) is 0 Å². The average Bonchev–Trinajstić information content (AvgIpc) is 2.19. The molecule has 1 atom stereocenters. The van der Waals surface area contributed by atoms with E-state index in [0.717, 1.165) is 17.6 Å². The fourth-order valence-corrected chi connectivity index (χ4v) is 2.11. The van der Waals surface area contributed by atoms with Crippen LogP contribution in [0.1, 0.15) is 18.9 Å². The molecule has 98 valence electrons. The van der Waals surface area contributed by atoms with Gasteiger partial charge in [0.2, 0.25) is 0 Å². The molecule has 0 radical (unpaired) electrons. The molecule has 0 aromatic heterocycles. The lowest BCUT2D eigenvalue weighted by Gasteiger charge is -2.33. The van der Waals surface area contributed by atoms with E-state index < -0.39 is 0 Å². The Morgan fingerprint density at radius 3 is 2.29 bits per heavy atom. The van der Waals surface area contributed by atoms with Crippen molar-refractivity contribution < 1.29 is 22.4 Å². The first-order chi connectivity index (χ1) is 7.20.